The largest absolute Gasteiger partial charge is 0.481 e. The SMILES string of the molecule is CC(C)n1cnnc1SCC(=O)N1CCC(C)(C(=O)O)C1. The third kappa shape index (κ3) is 3.37. The molecule has 1 unspecified atom stereocenters. The summed E-state index contributed by atoms with van der Waals surface area (Å²) in [4.78, 5) is 25.0. The fourth-order valence-corrected chi connectivity index (χ4v) is 3.20. The van der Waals surface area contributed by atoms with E-state index in [4.69, 9.17) is 0 Å². The number of hydrogen-bond acceptors (Lipinski definition) is 5. The van der Waals surface area contributed by atoms with E-state index in [1.165, 1.54) is 11.8 Å². The highest BCUT2D eigenvalue weighted by atomic mass is 32.2. The van der Waals surface area contributed by atoms with Crippen LogP contribution in [0.25, 0.3) is 0 Å². The average molecular weight is 312 g/mol. The number of carbonyl (C=O) groups excluding carboxylic acids is 1. The Morgan fingerprint density at radius 3 is 2.81 bits per heavy atom. The Labute approximate surface area is 127 Å². The second-order valence-corrected chi connectivity index (χ2v) is 6.78. The van der Waals surface area contributed by atoms with Crippen molar-refractivity contribution in [3.63, 3.8) is 0 Å². The highest BCUT2D eigenvalue weighted by Crippen LogP contribution is 2.30. The Morgan fingerprint density at radius 1 is 1.52 bits per heavy atom. The zero-order valence-corrected chi connectivity index (χ0v) is 13.3. The van der Waals surface area contributed by atoms with Gasteiger partial charge in [-0.3, -0.25) is 9.59 Å². The molecule has 116 valence electrons. The minimum atomic E-state index is -0.843. The van der Waals surface area contributed by atoms with Gasteiger partial charge in [0.25, 0.3) is 0 Å². The number of aliphatic carboxylic acids is 1. The van der Waals surface area contributed by atoms with Gasteiger partial charge in [-0.2, -0.15) is 0 Å². The maximum absolute atomic E-state index is 12.2. The smallest absolute Gasteiger partial charge is 0.311 e. The van der Waals surface area contributed by atoms with Crippen LogP contribution in [0.4, 0.5) is 0 Å². The van der Waals surface area contributed by atoms with Gasteiger partial charge in [0.15, 0.2) is 5.16 Å². The molecule has 21 heavy (non-hydrogen) atoms. The van der Waals surface area contributed by atoms with Crippen molar-refractivity contribution in [3.05, 3.63) is 6.33 Å². The predicted octanol–water partition coefficient (Wildman–Crippen LogP) is 1.27. The molecule has 0 aliphatic carbocycles. The second-order valence-electron chi connectivity index (χ2n) is 5.83. The monoisotopic (exact) mass is 312 g/mol. The number of carbonyl (C=O) groups is 2. The van der Waals surface area contributed by atoms with Gasteiger partial charge in [-0.05, 0) is 27.2 Å². The van der Waals surface area contributed by atoms with Crippen molar-refractivity contribution in [3.8, 4) is 0 Å². The van der Waals surface area contributed by atoms with Crippen molar-refractivity contribution in [2.24, 2.45) is 5.41 Å². The predicted molar refractivity (Wildman–Crippen MR) is 78.1 cm³/mol. The number of hydrogen-bond donors (Lipinski definition) is 1. The van der Waals surface area contributed by atoms with Gasteiger partial charge in [0.1, 0.15) is 6.33 Å². The Kier molecular flexibility index (Phi) is 4.55. The van der Waals surface area contributed by atoms with Crippen LogP contribution in [0.2, 0.25) is 0 Å². The van der Waals surface area contributed by atoms with E-state index < -0.39 is 11.4 Å². The lowest BCUT2D eigenvalue weighted by molar-refractivity contribution is -0.147. The number of thioether (sulfide) groups is 1. The molecule has 0 spiro atoms. The molecule has 1 amide bonds. The number of aromatic nitrogens is 3. The average Bonchev–Trinajstić information content (AvgIpc) is 3.03. The van der Waals surface area contributed by atoms with Crippen molar-refractivity contribution in [2.45, 2.75) is 38.4 Å². The summed E-state index contributed by atoms with van der Waals surface area (Å²) in [5.74, 6) is -0.644. The number of nitrogens with zero attached hydrogens (tertiary/aromatic N) is 4. The zero-order chi connectivity index (χ0) is 15.6. The van der Waals surface area contributed by atoms with Crippen molar-refractivity contribution >= 4 is 23.6 Å². The lowest BCUT2D eigenvalue weighted by atomic mass is 9.90. The molecular formula is C13H20N4O3S. The van der Waals surface area contributed by atoms with Crippen LogP contribution in [-0.4, -0.2) is 55.5 Å². The van der Waals surface area contributed by atoms with E-state index in [0.29, 0.717) is 18.1 Å². The molecule has 2 heterocycles. The molecular weight excluding hydrogens is 292 g/mol. The van der Waals surface area contributed by atoms with Crippen LogP contribution in [0.5, 0.6) is 0 Å². The number of likely N-dealkylation sites (tertiary alicyclic amines) is 1. The lowest BCUT2D eigenvalue weighted by Gasteiger charge is -2.20. The van der Waals surface area contributed by atoms with E-state index in [9.17, 15) is 14.7 Å². The summed E-state index contributed by atoms with van der Waals surface area (Å²) in [6, 6.07) is 0.236. The summed E-state index contributed by atoms with van der Waals surface area (Å²) in [6.45, 7) is 6.50. The molecule has 0 radical (unpaired) electrons. The van der Waals surface area contributed by atoms with Crippen LogP contribution in [0.3, 0.4) is 0 Å². The summed E-state index contributed by atoms with van der Waals surface area (Å²) < 4.78 is 1.91. The van der Waals surface area contributed by atoms with Gasteiger partial charge in [0, 0.05) is 19.1 Å². The molecule has 7 nitrogen and oxygen atoms in total. The Morgan fingerprint density at radius 2 is 2.24 bits per heavy atom. The lowest BCUT2D eigenvalue weighted by Crippen LogP contribution is -2.35. The van der Waals surface area contributed by atoms with Gasteiger partial charge in [0.05, 0.1) is 11.2 Å². The van der Waals surface area contributed by atoms with Gasteiger partial charge < -0.3 is 14.6 Å². The van der Waals surface area contributed by atoms with E-state index >= 15 is 0 Å². The Balaban J connectivity index is 1.91. The Bertz CT molecular complexity index is 545. The third-order valence-electron chi connectivity index (χ3n) is 3.76. The number of rotatable bonds is 5. The minimum Gasteiger partial charge on any atom is -0.481 e. The first-order valence-electron chi connectivity index (χ1n) is 6.87. The maximum atomic E-state index is 12.2. The van der Waals surface area contributed by atoms with Crippen LogP contribution >= 0.6 is 11.8 Å². The van der Waals surface area contributed by atoms with Crippen molar-refractivity contribution in [2.75, 3.05) is 18.8 Å². The first-order chi connectivity index (χ1) is 9.83. The van der Waals surface area contributed by atoms with E-state index in [2.05, 4.69) is 10.2 Å². The van der Waals surface area contributed by atoms with Crippen LogP contribution in [0.15, 0.2) is 11.5 Å². The number of carboxylic acids is 1. The molecule has 1 fully saturated rings. The molecule has 8 heteroatoms. The molecule has 1 atom stereocenters. The zero-order valence-electron chi connectivity index (χ0n) is 12.4. The molecule has 1 aromatic heterocycles. The van der Waals surface area contributed by atoms with E-state index in [0.717, 1.165) is 0 Å². The molecule has 2 rings (SSSR count). The van der Waals surface area contributed by atoms with Gasteiger partial charge >= 0.3 is 5.97 Å². The second kappa shape index (κ2) is 6.05. The fourth-order valence-electron chi connectivity index (χ4n) is 2.26. The van der Waals surface area contributed by atoms with E-state index in [1.54, 1.807) is 18.2 Å². The van der Waals surface area contributed by atoms with Crippen LogP contribution in [0, 0.1) is 5.41 Å². The van der Waals surface area contributed by atoms with Gasteiger partial charge in [-0.25, -0.2) is 0 Å². The molecule has 1 saturated heterocycles. The van der Waals surface area contributed by atoms with Crippen molar-refractivity contribution < 1.29 is 14.7 Å². The Hall–Kier alpha value is -1.57. The molecule has 1 aliphatic heterocycles. The summed E-state index contributed by atoms with van der Waals surface area (Å²) in [6.07, 6.45) is 2.15. The number of carboxylic acid groups (broad SMARTS) is 1. The highest BCUT2D eigenvalue weighted by molar-refractivity contribution is 7.99. The molecule has 1 aromatic rings. The van der Waals surface area contributed by atoms with Crippen molar-refractivity contribution in [1.29, 1.82) is 0 Å². The first kappa shape index (κ1) is 15.8. The standard InChI is InChI=1S/C13H20N4O3S/c1-9(2)17-8-14-15-12(17)21-6-10(18)16-5-4-13(3,7-16)11(19)20/h8-9H,4-7H2,1-3H3,(H,19,20). The van der Waals surface area contributed by atoms with Crippen molar-refractivity contribution in [1.82, 2.24) is 19.7 Å². The topological polar surface area (TPSA) is 88.3 Å². The van der Waals surface area contributed by atoms with Gasteiger partial charge in [-0.1, -0.05) is 11.8 Å². The minimum absolute atomic E-state index is 0.0525. The molecule has 0 aromatic carbocycles. The fraction of sp³-hybridized carbons (Fsp3) is 0.692. The first-order valence-corrected chi connectivity index (χ1v) is 7.85. The highest BCUT2D eigenvalue weighted by Gasteiger charge is 2.41. The molecule has 1 N–H and O–H groups in total. The molecule has 0 bridgehead atoms. The summed E-state index contributed by atoms with van der Waals surface area (Å²) in [5, 5.41) is 17.8. The quantitative estimate of drug-likeness (QED) is 0.824. The third-order valence-corrected chi connectivity index (χ3v) is 4.71. The summed E-state index contributed by atoms with van der Waals surface area (Å²) in [7, 11) is 0. The van der Waals surface area contributed by atoms with Crippen LogP contribution in [-0.2, 0) is 9.59 Å². The van der Waals surface area contributed by atoms with Gasteiger partial charge in [0.2, 0.25) is 5.91 Å². The molecule has 0 saturated carbocycles. The molecule has 1 aliphatic rings. The maximum Gasteiger partial charge on any atom is 0.311 e. The number of amides is 1. The summed E-state index contributed by atoms with van der Waals surface area (Å²) >= 11 is 1.34. The summed E-state index contributed by atoms with van der Waals surface area (Å²) in [5.41, 5.74) is -0.821. The van der Waals surface area contributed by atoms with Crippen LogP contribution < -0.4 is 0 Å². The van der Waals surface area contributed by atoms with E-state index in [1.807, 2.05) is 18.4 Å². The van der Waals surface area contributed by atoms with E-state index in [-0.39, 0.29) is 24.2 Å². The van der Waals surface area contributed by atoms with Crippen LogP contribution in [0.1, 0.15) is 33.2 Å². The normalized spacial score (nSPS) is 22.0. The van der Waals surface area contributed by atoms with Gasteiger partial charge in [-0.15, -0.1) is 10.2 Å².